The van der Waals surface area contributed by atoms with Crippen molar-refractivity contribution in [1.82, 2.24) is 10.2 Å². The number of carbonyl (C=O) groups excluding carboxylic acids is 1. The van der Waals surface area contributed by atoms with Crippen LogP contribution < -0.4 is 5.32 Å². The Morgan fingerprint density at radius 1 is 1.57 bits per heavy atom. The lowest BCUT2D eigenvalue weighted by Crippen LogP contribution is -2.46. The van der Waals surface area contributed by atoms with Crippen molar-refractivity contribution in [1.29, 1.82) is 0 Å². The van der Waals surface area contributed by atoms with E-state index in [1.54, 1.807) is 6.07 Å². The van der Waals surface area contributed by atoms with Gasteiger partial charge in [-0.15, -0.1) is 0 Å². The molecule has 0 radical (unpaired) electrons. The Morgan fingerprint density at radius 3 is 2.86 bits per heavy atom. The fraction of sp³-hybridized carbons (Fsp3) is 0.615. The van der Waals surface area contributed by atoms with Crippen LogP contribution in [0.1, 0.15) is 12.2 Å². The highest BCUT2D eigenvalue weighted by atomic mass is 19.4. The minimum absolute atomic E-state index is 0.157. The zero-order chi connectivity index (χ0) is 15.5. The number of nitrogens with one attached hydrogen (secondary N) is 1. The first-order valence-corrected chi connectivity index (χ1v) is 6.53. The van der Waals surface area contributed by atoms with Crippen LogP contribution in [0, 0.1) is 0 Å². The van der Waals surface area contributed by atoms with Gasteiger partial charge in [0.25, 0.3) is 0 Å². The highest BCUT2D eigenvalue weighted by Crippen LogP contribution is 2.21. The Labute approximate surface area is 120 Å². The molecule has 0 aliphatic carbocycles. The van der Waals surface area contributed by atoms with Gasteiger partial charge in [0.2, 0.25) is 5.91 Å². The smallest absolute Gasteiger partial charge is 0.406 e. The fourth-order valence-corrected chi connectivity index (χ4v) is 2.31. The van der Waals surface area contributed by atoms with Crippen LogP contribution in [0.15, 0.2) is 22.8 Å². The summed E-state index contributed by atoms with van der Waals surface area (Å²) in [4.78, 5) is 13.0. The van der Waals surface area contributed by atoms with Crippen LogP contribution in [0.3, 0.4) is 0 Å². The number of halogens is 3. The van der Waals surface area contributed by atoms with Crippen LogP contribution in [-0.2, 0) is 16.1 Å². The molecule has 5 nitrogen and oxygen atoms in total. The molecule has 1 amide bonds. The Morgan fingerprint density at radius 2 is 2.33 bits per heavy atom. The maximum atomic E-state index is 12.7. The van der Waals surface area contributed by atoms with Gasteiger partial charge in [-0.2, -0.15) is 13.2 Å². The van der Waals surface area contributed by atoms with Gasteiger partial charge in [-0.25, -0.2) is 0 Å². The minimum Gasteiger partial charge on any atom is -0.467 e. The standard InChI is InChI=1S/C13H17F3N2O3/c1-20-10-5-11(17-6-10)12(19)18(8-13(14,15)16)7-9-3-2-4-21-9/h2-4,10-11,17H,5-8H2,1H3. The summed E-state index contributed by atoms with van der Waals surface area (Å²) in [6, 6.07) is 2.45. The molecule has 1 fully saturated rings. The average Bonchev–Trinajstić information content (AvgIpc) is 3.06. The van der Waals surface area contributed by atoms with Gasteiger partial charge in [0.05, 0.1) is 25.0 Å². The predicted octanol–water partition coefficient (Wildman–Crippen LogP) is 1.55. The maximum absolute atomic E-state index is 12.7. The zero-order valence-electron chi connectivity index (χ0n) is 11.5. The molecule has 2 unspecified atom stereocenters. The molecule has 1 aliphatic rings. The number of amides is 1. The molecule has 0 spiro atoms. The summed E-state index contributed by atoms with van der Waals surface area (Å²) in [7, 11) is 1.51. The summed E-state index contributed by atoms with van der Waals surface area (Å²) in [5, 5.41) is 2.89. The van der Waals surface area contributed by atoms with Gasteiger partial charge in [-0.05, 0) is 18.6 Å². The Hall–Kier alpha value is -1.54. The highest BCUT2D eigenvalue weighted by molar-refractivity contribution is 5.82. The molecule has 118 valence electrons. The third-order valence-electron chi connectivity index (χ3n) is 3.33. The molecule has 21 heavy (non-hydrogen) atoms. The van der Waals surface area contributed by atoms with E-state index in [0.717, 1.165) is 4.90 Å². The van der Waals surface area contributed by atoms with Crippen molar-refractivity contribution in [2.45, 2.75) is 31.3 Å². The van der Waals surface area contributed by atoms with Crippen molar-refractivity contribution in [3.63, 3.8) is 0 Å². The summed E-state index contributed by atoms with van der Waals surface area (Å²) < 4.78 is 48.1. The monoisotopic (exact) mass is 306 g/mol. The van der Waals surface area contributed by atoms with E-state index in [9.17, 15) is 18.0 Å². The molecular weight excluding hydrogens is 289 g/mol. The second-order valence-corrected chi connectivity index (χ2v) is 4.94. The van der Waals surface area contributed by atoms with E-state index < -0.39 is 24.7 Å². The maximum Gasteiger partial charge on any atom is 0.406 e. The summed E-state index contributed by atoms with van der Waals surface area (Å²) in [6.45, 7) is -1.06. The van der Waals surface area contributed by atoms with Gasteiger partial charge in [0.15, 0.2) is 0 Å². The third kappa shape index (κ3) is 4.47. The molecule has 0 bridgehead atoms. The molecule has 2 rings (SSSR count). The lowest BCUT2D eigenvalue weighted by Gasteiger charge is -2.25. The second-order valence-electron chi connectivity index (χ2n) is 4.94. The first-order chi connectivity index (χ1) is 9.89. The number of alkyl halides is 3. The highest BCUT2D eigenvalue weighted by Gasteiger charge is 2.38. The molecule has 0 saturated carbocycles. The lowest BCUT2D eigenvalue weighted by atomic mass is 10.1. The zero-order valence-corrected chi connectivity index (χ0v) is 11.5. The van der Waals surface area contributed by atoms with Crippen LogP contribution >= 0.6 is 0 Å². The number of furan rings is 1. The number of ether oxygens (including phenoxy) is 1. The van der Waals surface area contributed by atoms with Crippen molar-refractivity contribution in [2.24, 2.45) is 0 Å². The van der Waals surface area contributed by atoms with E-state index in [0.29, 0.717) is 18.7 Å². The Kier molecular flexibility index (Phi) is 4.89. The number of nitrogens with zero attached hydrogens (tertiary/aromatic N) is 1. The van der Waals surface area contributed by atoms with Crippen molar-refractivity contribution in [2.75, 3.05) is 20.2 Å². The lowest BCUT2D eigenvalue weighted by molar-refractivity contribution is -0.164. The fourth-order valence-electron chi connectivity index (χ4n) is 2.31. The molecule has 2 heterocycles. The molecule has 8 heteroatoms. The van der Waals surface area contributed by atoms with Gasteiger partial charge < -0.3 is 19.4 Å². The van der Waals surface area contributed by atoms with Crippen LogP contribution in [0.2, 0.25) is 0 Å². The first-order valence-electron chi connectivity index (χ1n) is 6.53. The number of methoxy groups -OCH3 is 1. The van der Waals surface area contributed by atoms with Crippen LogP contribution in [-0.4, -0.2) is 49.3 Å². The van der Waals surface area contributed by atoms with Crippen molar-refractivity contribution >= 4 is 5.91 Å². The van der Waals surface area contributed by atoms with Crippen molar-refractivity contribution in [3.05, 3.63) is 24.2 Å². The minimum atomic E-state index is -4.46. The SMILES string of the molecule is COC1CNC(C(=O)N(Cc2ccco2)CC(F)(F)F)C1. The molecule has 0 aromatic carbocycles. The van der Waals surface area contributed by atoms with Gasteiger partial charge >= 0.3 is 6.18 Å². The van der Waals surface area contributed by atoms with E-state index >= 15 is 0 Å². The number of rotatable bonds is 5. The largest absolute Gasteiger partial charge is 0.467 e. The molecular formula is C13H17F3N2O3. The van der Waals surface area contributed by atoms with Gasteiger partial charge in [0, 0.05) is 13.7 Å². The summed E-state index contributed by atoms with van der Waals surface area (Å²) in [5.74, 6) is -0.280. The number of hydrogen-bond donors (Lipinski definition) is 1. The Bertz CT molecular complexity index is 462. The second kappa shape index (κ2) is 6.48. The number of hydrogen-bond acceptors (Lipinski definition) is 4. The van der Waals surface area contributed by atoms with E-state index in [1.807, 2.05) is 0 Å². The Balaban J connectivity index is 2.05. The summed E-state index contributed by atoms with van der Waals surface area (Å²) >= 11 is 0. The van der Waals surface area contributed by atoms with Gasteiger partial charge in [-0.1, -0.05) is 0 Å². The summed E-state index contributed by atoms with van der Waals surface area (Å²) in [6.07, 6.45) is -2.89. The van der Waals surface area contributed by atoms with E-state index in [1.165, 1.54) is 19.4 Å². The normalized spacial score (nSPS) is 22.5. The molecule has 1 N–H and O–H groups in total. The average molecular weight is 306 g/mol. The predicted molar refractivity (Wildman–Crippen MR) is 67.4 cm³/mol. The van der Waals surface area contributed by atoms with Crippen LogP contribution in [0.4, 0.5) is 13.2 Å². The third-order valence-corrected chi connectivity index (χ3v) is 3.33. The topological polar surface area (TPSA) is 54.7 Å². The van der Waals surface area contributed by atoms with Gasteiger partial charge in [-0.3, -0.25) is 4.79 Å². The quantitative estimate of drug-likeness (QED) is 0.897. The summed E-state index contributed by atoms with van der Waals surface area (Å²) in [5.41, 5.74) is 0. The molecule has 1 aromatic rings. The molecule has 2 atom stereocenters. The molecule has 1 aromatic heterocycles. The molecule has 1 saturated heterocycles. The first kappa shape index (κ1) is 15.8. The van der Waals surface area contributed by atoms with Crippen LogP contribution in [0.25, 0.3) is 0 Å². The van der Waals surface area contributed by atoms with Gasteiger partial charge in [0.1, 0.15) is 12.3 Å². The number of carbonyl (C=O) groups is 1. The van der Waals surface area contributed by atoms with E-state index in [2.05, 4.69) is 5.32 Å². The van der Waals surface area contributed by atoms with Crippen molar-refractivity contribution < 1.29 is 27.1 Å². The molecule has 1 aliphatic heterocycles. The van der Waals surface area contributed by atoms with Crippen molar-refractivity contribution in [3.8, 4) is 0 Å². The van der Waals surface area contributed by atoms with E-state index in [4.69, 9.17) is 9.15 Å². The van der Waals surface area contributed by atoms with Crippen LogP contribution in [0.5, 0.6) is 0 Å². The van der Waals surface area contributed by atoms with E-state index in [-0.39, 0.29) is 12.6 Å².